The van der Waals surface area contributed by atoms with E-state index in [0.29, 0.717) is 12.3 Å². The number of aryl methyl sites for hydroxylation is 1. The molecule has 1 atom stereocenters. The molecule has 0 saturated carbocycles. The van der Waals surface area contributed by atoms with Gasteiger partial charge in [0.1, 0.15) is 11.4 Å². The van der Waals surface area contributed by atoms with Crippen molar-refractivity contribution >= 4 is 5.97 Å². The normalized spacial score (nSPS) is 18.8. The van der Waals surface area contributed by atoms with Crippen molar-refractivity contribution in [2.45, 2.75) is 58.5 Å². The fraction of sp³-hybridized carbons (Fsp3) is 0.667. The molecular weight excluding hydrogens is 314 g/mol. The highest BCUT2D eigenvalue weighted by Gasteiger charge is 2.24. The number of rotatable bonds is 7. The lowest BCUT2D eigenvalue weighted by molar-refractivity contribution is -0.156. The first-order chi connectivity index (χ1) is 11.9. The summed E-state index contributed by atoms with van der Waals surface area (Å²) in [5, 5.41) is 0. The van der Waals surface area contributed by atoms with E-state index in [1.165, 1.54) is 12.0 Å². The minimum Gasteiger partial charge on any atom is -0.497 e. The van der Waals surface area contributed by atoms with Gasteiger partial charge >= 0.3 is 5.97 Å². The number of carbonyl (C=O) groups is 1. The third kappa shape index (κ3) is 7.47. The molecule has 140 valence electrons. The van der Waals surface area contributed by atoms with Crippen LogP contribution >= 0.6 is 0 Å². The summed E-state index contributed by atoms with van der Waals surface area (Å²) in [7, 11) is 1.69. The quantitative estimate of drug-likeness (QED) is 0.697. The Kier molecular flexibility index (Phi) is 7.30. The van der Waals surface area contributed by atoms with E-state index in [0.717, 1.165) is 44.6 Å². The van der Waals surface area contributed by atoms with Crippen LogP contribution in [0.5, 0.6) is 5.75 Å². The second-order valence-corrected chi connectivity index (χ2v) is 8.05. The number of hydrogen-bond acceptors (Lipinski definition) is 4. The van der Waals surface area contributed by atoms with Crippen LogP contribution in [0.3, 0.4) is 0 Å². The highest BCUT2D eigenvalue weighted by Crippen LogP contribution is 2.22. The minimum absolute atomic E-state index is 0.0578. The summed E-state index contributed by atoms with van der Waals surface area (Å²) < 4.78 is 10.7. The van der Waals surface area contributed by atoms with E-state index in [1.807, 2.05) is 32.9 Å². The van der Waals surface area contributed by atoms with Crippen molar-refractivity contribution in [3.05, 3.63) is 29.8 Å². The van der Waals surface area contributed by atoms with E-state index in [-0.39, 0.29) is 11.6 Å². The van der Waals surface area contributed by atoms with Gasteiger partial charge < -0.3 is 14.4 Å². The Morgan fingerprint density at radius 1 is 1.24 bits per heavy atom. The Labute approximate surface area is 152 Å². The van der Waals surface area contributed by atoms with Crippen molar-refractivity contribution in [3.8, 4) is 5.75 Å². The maximum atomic E-state index is 12.0. The zero-order valence-electron chi connectivity index (χ0n) is 16.2. The highest BCUT2D eigenvalue weighted by molar-refractivity contribution is 5.70. The SMILES string of the molecule is COc1ccc(CCCN2CCCC(CC(=O)OC(C)(C)C)C2)cc1. The summed E-state index contributed by atoms with van der Waals surface area (Å²) in [6.07, 6.45) is 5.08. The van der Waals surface area contributed by atoms with Gasteiger partial charge in [-0.1, -0.05) is 12.1 Å². The highest BCUT2D eigenvalue weighted by atomic mass is 16.6. The number of hydrogen-bond donors (Lipinski definition) is 0. The summed E-state index contributed by atoms with van der Waals surface area (Å²) in [4.78, 5) is 14.5. The lowest BCUT2D eigenvalue weighted by atomic mass is 9.94. The Hall–Kier alpha value is -1.55. The number of methoxy groups -OCH3 is 1. The van der Waals surface area contributed by atoms with E-state index >= 15 is 0 Å². The number of carbonyl (C=O) groups excluding carboxylic acids is 1. The van der Waals surface area contributed by atoms with E-state index in [4.69, 9.17) is 9.47 Å². The van der Waals surface area contributed by atoms with Crippen LogP contribution in [-0.2, 0) is 16.0 Å². The zero-order valence-corrected chi connectivity index (χ0v) is 16.2. The van der Waals surface area contributed by atoms with Gasteiger partial charge in [-0.3, -0.25) is 4.79 Å². The smallest absolute Gasteiger partial charge is 0.306 e. The Bertz CT molecular complexity index is 533. The van der Waals surface area contributed by atoms with Gasteiger partial charge in [-0.05, 0) is 83.2 Å². The van der Waals surface area contributed by atoms with E-state index < -0.39 is 0 Å². The topological polar surface area (TPSA) is 38.8 Å². The van der Waals surface area contributed by atoms with Gasteiger partial charge in [0.2, 0.25) is 0 Å². The fourth-order valence-corrected chi connectivity index (χ4v) is 3.44. The molecule has 4 nitrogen and oxygen atoms in total. The van der Waals surface area contributed by atoms with Crippen molar-refractivity contribution in [2.24, 2.45) is 5.92 Å². The van der Waals surface area contributed by atoms with Crippen LogP contribution in [0.1, 0.15) is 52.0 Å². The van der Waals surface area contributed by atoms with Gasteiger partial charge in [-0.15, -0.1) is 0 Å². The Morgan fingerprint density at radius 2 is 1.96 bits per heavy atom. The van der Waals surface area contributed by atoms with Crippen LogP contribution in [0.25, 0.3) is 0 Å². The summed E-state index contributed by atoms with van der Waals surface area (Å²) >= 11 is 0. The molecule has 1 saturated heterocycles. The number of esters is 1. The molecule has 1 aromatic carbocycles. The Morgan fingerprint density at radius 3 is 2.60 bits per heavy atom. The van der Waals surface area contributed by atoms with Gasteiger partial charge in [0.25, 0.3) is 0 Å². The minimum atomic E-state index is -0.385. The molecule has 1 aliphatic heterocycles. The van der Waals surface area contributed by atoms with Crippen molar-refractivity contribution in [2.75, 3.05) is 26.7 Å². The zero-order chi connectivity index (χ0) is 18.3. The van der Waals surface area contributed by atoms with E-state index in [2.05, 4.69) is 17.0 Å². The van der Waals surface area contributed by atoms with E-state index in [9.17, 15) is 4.79 Å². The van der Waals surface area contributed by atoms with E-state index in [1.54, 1.807) is 7.11 Å². The van der Waals surface area contributed by atoms with Crippen molar-refractivity contribution in [3.63, 3.8) is 0 Å². The van der Waals surface area contributed by atoms with Crippen LogP contribution in [0.2, 0.25) is 0 Å². The first-order valence-corrected chi connectivity index (χ1v) is 9.43. The van der Waals surface area contributed by atoms with Crippen molar-refractivity contribution in [1.82, 2.24) is 4.90 Å². The third-order valence-corrected chi connectivity index (χ3v) is 4.58. The molecule has 0 spiro atoms. The molecule has 1 aliphatic rings. The Balaban J connectivity index is 1.70. The average molecular weight is 347 g/mol. The molecular formula is C21H33NO3. The molecule has 0 aliphatic carbocycles. The molecule has 1 heterocycles. The number of likely N-dealkylation sites (tertiary alicyclic amines) is 1. The molecule has 0 radical (unpaired) electrons. The molecule has 0 N–H and O–H groups in total. The monoisotopic (exact) mass is 347 g/mol. The third-order valence-electron chi connectivity index (χ3n) is 4.58. The predicted octanol–water partition coefficient (Wildman–Crippen LogP) is 4.07. The maximum absolute atomic E-state index is 12.0. The maximum Gasteiger partial charge on any atom is 0.306 e. The first kappa shape index (κ1) is 19.8. The van der Waals surface area contributed by atoms with Crippen LogP contribution in [0.4, 0.5) is 0 Å². The van der Waals surface area contributed by atoms with Gasteiger partial charge in [0, 0.05) is 13.0 Å². The van der Waals surface area contributed by atoms with Crippen molar-refractivity contribution < 1.29 is 14.3 Å². The molecule has 0 amide bonds. The van der Waals surface area contributed by atoms with Crippen LogP contribution in [0.15, 0.2) is 24.3 Å². The van der Waals surface area contributed by atoms with Crippen LogP contribution in [0, 0.1) is 5.92 Å². The van der Waals surface area contributed by atoms with Crippen LogP contribution in [-0.4, -0.2) is 43.2 Å². The van der Waals surface area contributed by atoms with Crippen LogP contribution < -0.4 is 4.74 Å². The lowest BCUT2D eigenvalue weighted by Crippen LogP contribution is -2.37. The second kappa shape index (κ2) is 9.23. The number of benzene rings is 1. The first-order valence-electron chi connectivity index (χ1n) is 9.43. The number of nitrogens with zero attached hydrogens (tertiary/aromatic N) is 1. The summed E-state index contributed by atoms with van der Waals surface area (Å²) in [6, 6.07) is 8.32. The molecule has 25 heavy (non-hydrogen) atoms. The molecule has 1 fully saturated rings. The fourth-order valence-electron chi connectivity index (χ4n) is 3.44. The van der Waals surface area contributed by atoms with Crippen molar-refractivity contribution in [1.29, 1.82) is 0 Å². The predicted molar refractivity (Wildman–Crippen MR) is 101 cm³/mol. The standard InChI is InChI=1S/C21H33NO3/c1-21(2,3)25-20(23)15-18-8-6-14-22(16-18)13-5-7-17-9-11-19(24-4)12-10-17/h9-12,18H,5-8,13-16H2,1-4H3. The van der Waals surface area contributed by atoms with Gasteiger partial charge in [0.15, 0.2) is 0 Å². The second-order valence-electron chi connectivity index (χ2n) is 8.05. The number of ether oxygens (including phenoxy) is 2. The van der Waals surface area contributed by atoms with Gasteiger partial charge in [-0.25, -0.2) is 0 Å². The largest absolute Gasteiger partial charge is 0.497 e. The molecule has 4 heteroatoms. The molecule has 2 rings (SSSR count). The molecule has 0 aromatic heterocycles. The lowest BCUT2D eigenvalue weighted by Gasteiger charge is -2.32. The summed E-state index contributed by atoms with van der Waals surface area (Å²) in [5.41, 5.74) is 0.965. The molecule has 1 aromatic rings. The number of piperidine rings is 1. The molecule has 0 bridgehead atoms. The van der Waals surface area contributed by atoms with Gasteiger partial charge in [0.05, 0.1) is 7.11 Å². The van der Waals surface area contributed by atoms with Gasteiger partial charge in [-0.2, -0.15) is 0 Å². The average Bonchev–Trinajstić information content (AvgIpc) is 2.54. The summed E-state index contributed by atoms with van der Waals surface area (Å²) in [6.45, 7) is 9.04. The molecule has 1 unspecified atom stereocenters. The summed E-state index contributed by atoms with van der Waals surface area (Å²) in [5.74, 6) is 1.28.